The number of aromatic nitrogens is 1. The molecule has 0 aromatic carbocycles. The van der Waals surface area contributed by atoms with Gasteiger partial charge >= 0.3 is 0 Å². The quantitative estimate of drug-likeness (QED) is 0.847. The van der Waals surface area contributed by atoms with E-state index < -0.39 is 0 Å². The van der Waals surface area contributed by atoms with Gasteiger partial charge in [-0.15, -0.1) is 0 Å². The lowest BCUT2D eigenvalue weighted by atomic mass is 10.2. The first kappa shape index (κ1) is 12.4. The normalized spacial score (nSPS) is 16.6. The summed E-state index contributed by atoms with van der Waals surface area (Å²) in [5.41, 5.74) is 1.16. The Morgan fingerprint density at radius 3 is 2.82 bits per heavy atom. The molecule has 1 N–H and O–H groups in total. The molecule has 0 unspecified atom stereocenters. The summed E-state index contributed by atoms with van der Waals surface area (Å²) in [6, 6.07) is 7.00. The summed E-state index contributed by atoms with van der Waals surface area (Å²) in [5.74, 6) is 0.991. The fourth-order valence-electron chi connectivity index (χ4n) is 2.58. The van der Waals surface area contributed by atoms with E-state index in [1.165, 1.54) is 25.7 Å². The van der Waals surface area contributed by atoms with Gasteiger partial charge < -0.3 is 5.32 Å². The molecular weight excluding hydrogens is 210 g/mol. The minimum absolute atomic E-state index is 0.764. The predicted molar refractivity (Wildman–Crippen MR) is 72.1 cm³/mol. The fraction of sp³-hybridized carbons (Fsp3) is 0.643. The van der Waals surface area contributed by atoms with Crippen LogP contribution in [-0.2, 0) is 6.54 Å². The maximum atomic E-state index is 4.62. The zero-order valence-corrected chi connectivity index (χ0v) is 10.9. The Bertz CT molecular complexity index is 345. The van der Waals surface area contributed by atoms with E-state index in [2.05, 4.69) is 41.3 Å². The summed E-state index contributed by atoms with van der Waals surface area (Å²) in [5, 5.41) is 3.26. The van der Waals surface area contributed by atoms with Crippen molar-refractivity contribution in [2.24, 2.45) is 0 Å². The molecule has 0 amide bonds. The molecule has 1 aromatic rings. The van der Waals surface area contributed by atoms with Crippen LogP contribution in [0.2, 0.25) is 0 Å². The van der Waals surface area contributed by atoms with Crippen molar-refractivity contribution in [1.29, 1.82) is 0 Å². The SMILES string of the molecule is CCNc1cccc(CN(C)C2CCCC2)n1. The summed E-state index contributed by atoms with van der Waals surface area (Å²) >= 11 is 0. The van der Waals surface area contributed by atoms with Crippen LogP contribution in [0, 0.1) is 0 Å². The molecule has 17 heavy (non-hydrogen) atoms. The highest BCUT2D eigenvalue weighted by Gasteiger charge is 2.19. The third-order valence-electron chi connectivity index (χ3n) is 3.52. The predicted octanol–water partition coefficient (Wildman–Crippen LogP) is 2.89. The maximum Gasteiger partial charge on any atom is 0.126 e. The van der Waals surface area contributed by atoms with Crippen LogP contribution in [-0.4, -0.2) is 29.5 Å². The molecule has 1 heterocycles. The van der Waals surface area contributed by atoms with Gasteiger partial charge in [0.05, 0.1) is 5.69 Å². The van der Waals surface area contributed by atoms with Crippen LogP contribution in [0.5, 0.6) is 0 Å². The highest BCUT2D eigenvalue weighted by atomic mass is 15.1. The number of hydrogen-bond acceptors (Lipinski definition) is 3. The van der Waals surface area contributed by atoms with Gasteiger partial charge in [-0.1, -0.05) is 18.9 Å². The zero-order valence-electron chi connectivity index (χ0n) is 10.9. The van der Waals surface area contributed by atoms with Gasteiger partial charge in [-0.05, 0) is 38.9 Å². The summed E-state index contributed by atoms with van der Waals surface area (Å²) in [7, 11) is 2.22. The van der Waals surface area contributed by atoms with Crippen molar-refractivity contribution in [1.82, 2.24) is 9.88 Å². The van der Waals surface area contributed by atoms with Gasteiger partial charge in [-0.25, -0.2) is 4.98 Å². The van der Waals surface area contributed by atoms with E-state index in [0.29, 0.717) is 0 Å². The lowest BCUT2D eigenvalue weighted by Gasteiger charge is -2.23. The molecule has 1 aromatic heterocycles. The molecular formula is C14H23N3. The van der Waals surface area contributed by atoms with Gasteiger partial charge in [-0.3, -0.25) is 4.90 Å². The van der Waals surface area contributed by atoms with E-state index in [0.717, 1.165) is 30.6 Å². The highest BCUT2D eigenvalue weighted by Crippen LogP contribution is 2.23. The minimum atomic E-state index is 0.764. The average molecular weight is 233 g/mol. The molecule has 2 rings (SSSR count). The van der Waals surface area contributed by atoms with Crippen LogP contribution < -0.4 is 5.32 Å². The Morgan fingerprint density at radius 2 is 2.12 bits per heavy atom. The number of rotatable bonds is 5. The van der Waals surface area contributed by atoms with Crippen molar-refractivity contribution in [3.8, 4) is 0 Å². The number of pyridine rings is 1. The summed E-state index contributed by atoms with van der Waals surface area (Å²) in [6.07, 6.45) is 5.48. The molecule has 1 saturated carbocycles. The van der Waals surface area contributed by atoms with E-state index >= 15 is 0 Å². The Balaban J connectivity index is 1.94. The summed E-state index contributed by atoms with van der Waals surface area (Å²) in [4.78, 5) is 7.07. The van der Waals surface area contributed by atoms with Crippen LogP contribution >= 0.6 is 0 Å². The van der Waals surface area contributed by atoms with Crippen molar-refractivity contribution >= 4 is 5.82 Å². The first-order valence-electron chi connectivity index (χ1n) is 6.69. The zero-order chi connectivity index (χ0) is 12.1. The molecule has 0 radical (unpaired) electrons. The van der Waals surface area contributed by atoms with Crippen molar-refractivity contribution in [2.75, 3.05) is 18.9 Å². The first-order chi connectivity index (χ1) is 8.29. The first-order valence-corrected chi connectivity index (χ1v) is 6.69. The van der Waals surface area contributed by atoms with Crippen molar-refractivity contribution in [3.05, 3.63) is 23.9 Å². The second kappa shape index (κ2) is 6.01. The van der Waals surface area contributed by atoms with Crippen LogP contribution in [0.1, 0.15) is 38.3 Å². The van der Waals surface area contributed by atoms with E-state index in [-0.39, 0.29) is 0 Å². The number of nitrogens with one attached hydrogen (secondary N) is 1. The van der Waals surface area contributed by atoms with E-state index in [9.17, 15) is 0 Å². The van der Waals surface area contributed by atoms with Crippen molar-refractivity contribution in [3.63, 3.8) is 0 Å². The Kier molecular flexibility index (Phi) is 4.37. The summed E-state index contributed by atoms with van der Waals surface area (Å²) < 4.78 is 0. The standard InChI is InChI=1S/C14H23N3/c1-3-15-14-10-6-7-12(16-14)11-17(2)13-8-4-5-9-13/h6-7,10,13H,3-5,8-9,11H2,1-2H3,(H,15,16). The Morgan fingerprint density at radius 1 is 1.35 bits per heavy atom. The Hall–Kier alpha value is -1.09. The molecule has 1 aliphatic rings. The second-order valence-corrected chi connectivity index (χ2v) is 4.90. The van der Waals surface area contributed by atoms with Crippen molar-refractivity contribution < 1.29 is 0 Å². The Labute approximate surface area is 104 Å². The topological polar surface area (TPSA) is 28.2 Å². The largest absolute Gasteiger partial charge is 0.370 e. The monoisotopic (exact) mass is 233 g/mol. The van der Waals surface area contributed by atoms with Gasteiger partial charge in [0, 0.05) is 19.1 Å². The van der Waals surface area contributed by atoms with Gasteiger partial charge in [0.2, 0.25) is 0 Å². The fourth-order valence-corrected chi connectivity index (χ4v) is 2.58. The van der Waals surface area contributed by atoms with Gasteiger partial charge in [-0.2, -0.15) is 0 Å². The average Bonchev–Trinajstić information content (AvgIpc) is 2.83. The van der Waals surface area contributed by atoms with Gasteiger partial charge in [0.25, 0.3) is 0 Å². The van der Waals surface area contributed by atoms with Crippen LogP contribution in [0.4, 0.5) is 5.82 Å². The third-order valence-corrected chi connectivity index (χ3v) is 3.52. The molecule has 0 atom stereocenters. The molecule has 1 aliphatic carbocycles. The maximum absolute atomic E-state index is 4.62. The van der Waals surface area contributed by atoms with Crippen molar-refractivity contribution in [2.45, 2.75) is 45.2 Å². The van der Waals surface area contributed by atoms with Crippen LogP contribution in [0.25, 0.3) is 0 Å². The van der Waals surface area contributed by atoms with Gasteiger partial charge in [0.15, 0.2) is 0 Å². The van der Waals surface area contributed by atoms with E-state index in [1.54, 1.807) is 0 Å². The number of nitrogens with zero attached hydrogens (tertiary/aromatic N) is 2. The lowest BCUT2D eigenvalue weighted by Crippen LogP contribution is -2.28. The smallest absolute Gasteiger partial charge is 0.126 e. The van der Waals surface area contributed by atoms with E-state index in [1.807, 2.05) is 6.07 Å². The third kappa shape index (κ3) is 3.43. The minimum Gasteiger partial charge on any atom is -0.370 e. The summed E-state index contributed by atoms with van der Waals surface area (Å²) in [6.45, 7) is 3.98. The van der Waals surface area contributed by atoms with Gasteiger partial charge in [0.1, 0.15) is 5.82 Å². The molecule has 1 fully saturated rings. The molecule has 0 aliphatic heterocycles. The molecule has 3 nitrogen and oxygen atoms in total. The molecule has 94 valence electrons. The molecule has 0 saturated heterocycles. The van der Waals surface area contributed by atoms with E-state index in [4.69, 9.17) is 0 Å². The number of anilines is 1. The highest BCUT2D eigenvalue weighted by molar-refractivity contribution is 5.34. The van der Waals surface area contributed by atoms with Crippen LogP contribution in [0.3, 0.4) is 0 Å². The lowest BCUT2D eigenvalue weighted by molar-refractivity contribution is 0.235. The molecule has 0 bridgehead atoms. The molecule has 3 heteroatoms. The number of hydrogen-bond donors (Lipinski definition) is 1. The molecule has 0 spiro atoms. The van der Waals surface area contributed by atoms with Crippen LogP contribution in [0.15, 0.2) is 18.2 Å². The second-order valence-electron chi connectivity index (χ2n) is 4.90.